The standard InChI is InChI=1S/C20H22ClFN2O2.ClH/c1-20(2)14-8-5-9-15(22)18(14)24(19(20)26)17(16(25)11-23-3)12-6-4-7-13(21)10-12;/h4-10,16-17,23,25H,11H2,1-3H3;1H/t16-,17-;/m0./s1. The highest BCUT2D eigenvalue weighted by Gasteiger charge is 2.49. The highest BCUT2D eigenvalue weighted by molar-refractivity contribution is 6.30. The highest BCUT2D eigenvalue weighted by Crippen LogP contribution is 2.47. The number of anilines is 1. The maximum Gasteiger partial charge on any atom is 0.237 e. The number of carbonyl (C=O) groups excluding carboxylic acids is 1. The quantitative estimate of drug-likeness (QED) is 0.783. The zero-order chi connectivity index (χ0) is 19.1. The van der Waals surface area contributed by atoms with E-state index in [-0.39, 0.29) is 30.5 Å². The number of benzene rings is 2. The second-order valence-corrected chi connectivity index (χ2v) is 7.50. The maximum atomic E-state index is 14.7. The van der Waals surface area contributed by atoms with Crippen LogP contribution in [0.15, 0.2) is 42.5 Å². The van der Waals surface area contributed by atoms with Crippen LogP contribution in [0.25, 0.3) is 0 Å². The number of rotatable bonds is 5. The number of fused-ring (bicyclic) bond motifs is 1. The van der Waals surface area contributed by atoms with Crippen molar-refractivity contribution in [1.29, 1.82) is 0 Å². The Morgan fingerprint density at radius 1 is 1.26 bits per heavy atom. The molecule has 2 aromatic rings. The summed E-state index contributed by atoms with van der Waals surface area (Å²) in [5.74, 6) is -0.733. The molecule has 2 N–H and O–H groups in total. The first-order valence-electron chi connectivity index (χ1n) is 8.49. The number of aliphatic hydroxyl groups excluding tert-OH is 1. The van der Waals surface area contributed by atoms with Crippen molar-refractivity contribution in [2.75, 3.05) is 18.5 Å². The van der Waals surface area contributed by atoms with E-state index in [0.717, 1.165) is 0 Å². The molecular weight excluding hydrogens is 390 g/mol. The summed E-state index contributed by atoms with van der Waals surface area (Å²) in [7, 11) is 1.71. The predicted molar refractivity (Wildman–Crippen MR) is 108 cm³/mol. The van der Waals surface area contributed by atoms with Crippen molar-refractivity contribution in [3.8, 4) is 0 Å². The molecule has 0 radical (unpaired) electrons. The van der Waals surface area contributed by atoms with E-state index in [4.69, 9.17) is 11.6 Å². The van der Waals surface area contributed by atoms with Gasteiger partial charge in [-0.1, -0.05) is 35.9 Å². The van der Waals surface area contributed by atoms with Gasteiger partial charge in [0.2, 0.25) is 5.91 Å². The third-order valence-corrected chi connectivity index (χ3v) is 5.14. The first-order chi connectivity index (χ1) is 12.3. The molecule has 0 aliphatic carbocycles. The lowest BCUT2D eigenvalue weighted by molar-refractivity contribution is -0.123. The van der Waals surface area contributed by atoms with E-state index in [1.165, 1.54) is 11.0 Å². The fourth-order valence-electron chi connectivity index (χ4n) is 3.60. The Hall–Kier alpha value is -1.66. The van der Waals surface area contributed by atoms with Crippen molar-refractivity contribution in [3.05, 3.63) is 64.4 Å². The monoisotopic (exact) mass is 412 g/mol. The number of likely N-dealkylation sites (N-methyl/N-ethyl adjacent to an activating group) is 1. The predicted octanol–water partition coefficient (Wildman–Crippen LogP) is 3.85. The van der Waals surface area contributed by atoms with Crippen molar-refractivity contribution in [1.82, 2.24) is 5.32 Å². The minimum absolute atomic E-state index is 0. The average Bonchev–Trinajstić information content (AvgIpc) is 2.78. The summed E-state index contributed by atoms with van der Waals surface area (Å²) in [5, 5.41) is 14.2. The van der Waals surface area contributed by atoms with Crippen molar-refractivity contribution in [2.24, 2.45) is 0 Å². The van der Waals surface area contributed by atoms with E-state index >= 15 is 0 Å². The van der Waals surface area contributed by atoms with Crippen LogP contribution in [0, 0.1) is 5.82 Å². The molecule has 7 heteroatoms. The molecule has 0 fully saturated rings. The van der Waals surface area contributed by atoms with Gasteiger partial charge < -0.3 is 10.4 Å². The molecule has 1 amide bonds. The van der Waals surface area contributed by atoms with Crippen LogP contribution in [0.3, 0.4) is 0 Å². The second-order valence-electron chi connectivity index (χ2n) is 7.06. The largest absolute Gasteiger partial charge is 0.389 e. The van der Waals surface area contributed by atoms with Crippen molar-refractivity contribution in [3.63, 3.8) is 0 Å². The third-order valence-electron chi connectivity index (χ3n) is 4.90. The molecule has 4 nitrogen and oxygen atoms in total. The number of hydrogen-bond acceptors (Lipinski definition) is 3. The Morgan fingerprint density at radius 3 is 2.56 bits per heavy atom. The molecule has 3 rings (SSSR count). The van der Waals surface area contributed by atoms with Gasteiger partial charge in [0.25, 0.3) is 0 Å². The van der Waals surface area contributed by atoms with E-state index in [2.05, 4.69) is 5.32 Å². The van der Waals surface area contributed by atoms with Gasteiger partial charge in [-0.05, 0) is 50.2 Å². The zero-order valence-corrected chi connectivity index (χ0v) is 16.9. The molecule has 2 atom stereocenters. The van der Waals surface area contributed by atoms with Crippen LogP contribution in [0.1, 0.15) is 31.0 Å². The molecule has 1 heterocycles. The van der Waals surface area contributed by atoms with Crippen LogP contribution >= 0.6 is 24.0 Å². The Balaban J connectivity index is 0.00000261. The van der Waals surface area contributed by atoms with Gasteiger partial charge in [0.05, 0.1) is 23.2 Å². The Kier molecular flexibility index (Phi) is 6.53. The Labute approximate surface area is 169 Å². The molecule has 146 valence electrons. The number of hydrogen-bond donors (Lipinski definition) is 2. The summed E-state index contributed by atoms with van der Waals surface area (Å²) in [6.07, 6.45) is -0.941. The van der Waals surface area contributed by atoms with Gasteiger partial charge in [-0.3, -0.25) is 9.69 Å². The number of para-hydroxylation sites is 1. The second kappa shape index (κ2) is 8.15. The normalized spacial score (nSPS) is 17.3. The van der Waals surface area contributed by atoms with Crippen molar-refractivity contribution in [2.45, 2.75) is 31.4 Å². The molecular formula is C20H23Cl2FN2O2. The van der Waals surface area contributed by atoms with Gasteiger partial charge in [0.1, 0.15) is 5.82 Å². The van der Waals surface area contributed by atoms with E-state index in [1.54, 1.807) is 57.3 Å². The van der Waals surface area contributed by atoms with Gasteiger partial charge in [0.15, 0.2) is 0 Å². The molecule has 0 unspecified atom stereocenters. The van der Waals surface area contributed by atoms with Gasteiger partial charge >= 0.3 is 0 Å². The first-order valence-corrected chi connectivity index (χ1v) is 8.87. The van der Waals surface area contributed by atoms with Crippen molar-refractivity contribution >= 4 is 35.6 Å². The number of amides is 1. The van der Waals surface area contributed by atoms with Crippen molar-refractivity contribution < 1.29 is 14.3 Å². The van der Waals surface area contributed by atoms with Crippen LogP contribution in [-0.2, 0) is 10.2 Å². The lowest BCUT2D eigenvalue weighted by Gasteiger charge is -2.34. The van der Waals surface area contributed by atoms with Gasteiger partial charge in [-0.2, -0.15) is 0 Å². The summed E-state index contributed by atoms with van der Waals surface area (Å²) in [4.78, 5) is 14.6. The van der Waals surface area contributed by atoms with Gasteiger partial charge in [-0.15, -0.1) is 12.4 Å². The van der Waals surface area contributed by atoms with Crippen LogP contribution in [-0.4, -0.2) is 30.7 Å². The minimum atomic E-state index is -0.941. The average molecular weight is 413 g/mol. The summed E-state index contributed by atoms with van der Waals surface area (Å²) in [6.45, 7) is 3.78. The fraction of sp³-hybridized carbons (Fsp3) is 0.350. The number of aliphatic hydroxyl groups is 1. The maximum absolute atomic E-state index is 14.7. The molecule has 1 aliphatic rings. The summed E-state index contributed by atoms with van der Waals surface area (Å²) in [5.41, 5.74) is 0.613. The van der Waals surface area contributed by atoms with Gasteiger partial charge in [0, 0.05) is 11.6 Å². The molecule has 0 aromatic heterocycles. The molecule has 0 saturated heterocycles. The minimum Gasteiger partial charge on any atom is -0.389 e. The summed E-state index contributed by atoms with van der Waals surface area (Å²) >= 11 is 6.13. The van der Waals surface area contributed by atoms with E-state index < -0.39 is 23.4 Å². The highest BCUT2D eigenvalue weighted by atomic mass is 35.5. The van der Waals surface area contributed by atoms with Crippen LogP contribution in [0.5, 0.6) is 0 Å². The fourth-order valence-corrected chi connectivity index (χ4v) is 3.80. The van der Waals surface area contributed by atoms with E-state index in [9.17, 15) is 14.3 Å². The lowest BCUT2D eigenvalue weighted by Crippen LogP contribution is -2.45. The topological polar surface area (TPSA) is 52.6 Å². The number of halogens is 3. The smallest absolute Gasteiger partial charge is 0.237 e. The number of carbonyl (C=O) groups is 1. The zero-order valence-electron chi connectivity index (χ0n) is 15.4. The van der Waals surface area contributed by atoms with Crippen LogP contribution in [0.4, 0.5) is 10.1 Å². The molecule has 2 aromatic carbocycles. The summed E-state index contributed by atoms with van der Waals surface area (Å²) < 4.78 is 14.7. The lowest BCUT2D eigenvalue weighted by atomic mass is 9.86. The molecule has 0 saturated carbocycles. The third kappa shape index (κ3) is 3.69. The Bertz CT molecular complexity index is 844. The van der Waals surface area contributed by atoms with E-state index in [0.29, 0.717) is 16.1 Å². The molecule has 0 bridgehead atoms. The first kappa shape index (κ1) is 21.6. The summed E-state index contributed by atoms with van der Waals surface area (Å²) in [6, 6.07) is 10.9. The molecule has 27 heavy (non-hydrogen) atoms. The SMILES string of the molecule is CNC[C@H](O)[C@H](c1cccc(Cl)c1)N1C(=O)C(C)(C)c2cccc(F)c21.Cl. The molecule has 1 aliphatic heterocycles. The number of nitrogens with one attached hydrogen (secondary N) is 1. The van der Waals surface area contributed by atoms with Gasteiger partial charge in [-0.25, -0.2) is 4.39 Å². The van der Waals surface area contributed by atoms with E-state index in [1.807, 2.05) is 0 Å². The Morgan fingerprint density at radius 2 is 1.93 bits per heavy atom. The number of nitrogens with zero attached hydrogens (tertiary/aromatic N) is 1. The van der Waals surface area contributed by atoms with Crippen LogP contribution in [0.2, 0.25) is 5.02 Å². The van der Waals surface area contributed by atoms with Crippen LogP contribution < -0.4 is 10.2 Å². The molecule has 0 spiro atoms.